The fraction of sp³-hybridized carbons (Fsp3) is 0.909. The molecule has 0 heterocycles. The molecule has 0 aromatic heterocycles. The van der Waals surface area contributed by atoms with Gasteiger partial charge in [0.25, 0.3) is 0 Å². The number of carbonyl (C=O) groups is 1. The lowest BCUT2D eigenvalue weighted by Gasteiger charge is -2.36. The number of hydrogen-bond donors (Lipinski definition) is 2. The summed E-state index contributed by atoms with van der Waals surface area (Å²) in [5.74, 6) is -0.448. The van der Waals surface area contributed by atoms with Gasteiger partial charge in [0.1, 0.15) is 0 Å². The predicted octanol–water partition coefficient (Wildman–Crippen LogP) is 1.42. The highest BCUT2D eigenvalue weighted by molar-refractivity contribution is 5.77. The third kappa shape index (κ3) is 3.18. The van der Waals surface area contributed by atoms with Crippen LogP contribution in [0.3, 0.4) is 0 Å². The molecule has 0 radical (unpaired) electrons. The van der Waals surface area contributed by atoms with Gasteiger partial charge in [0.2, 0.25) is 0 Å². The van der Waals surface area contributed by atoms with Crippen molar-refractivity contribution in [3.63, 3.8) is 0 Å². The van der Waals surface area contributed by atoms with Crippen molar-refractivity contribution in [2.24, 2.45) is 5.92 Å². The fourth-order valence-corrected chi connectivity index (χ4v) is 2.22. The Hall–Kier alpha value is -0.610. The molecule has 1 fully saturated rings. The molecule has 0 bridgehead atoms. The summed E-state index contributed by atoms with van der Waals surface area (Å²) in [4.78, 5) is 11.2. The molecular weight excluding hydrogens is 196 g/mol. The number of rotatable bonds is 5. The first-order valence-electron chi connectivity index (χ1n) is 5.59. The summed E-state index contributed by atoms with van der Waals surface area (Å²) in [5.41, 5.74) is -0.993. The Bertz CT molecular complexity index is 217. The van der Waals surface area contributed by atoms with Crippen molar-refractivity contribution in [1.82, 2.24) is 0 Å². The van der Waals surface area contributed by atoms with Crippen LogP contribution in [0, 0.1) is 5.92 Å². The van der Waals surface area contributed by atoms with E-state index >= 15 is 0 Å². The van der Waals surface area contributed by atoms with Crippen LogP contribution in [0.15, 0.2) is 0 Å². The Morgan fingerprint density at radius 3 is 2.87 bits per heavy atom. The summed E-state index contributed by atoms with van der Waals surface area (Å²) in [6.45, 7) is 2.44. The summed E-state index contributed by atoms with van der Waals surface area (Å²) < 4.78 is 5.48. The van der Waals surface area contributed by atoms with Crippen molar-refractivity contribution in [1.29, 1.82) is 0 Å². The van der Waals surface area contributed by atoms with Crippen molar-refractivity contribution >= 4 is 5.97 Å². The Labute approximate surface area is 90.2 Å². The standard InChI is InChI=1S/C11H20O4/c1-9-4-2-5-11(8-9,10(13)14)15-7-3-6-12/h9,12H,2-8H2,1H3,(H,13,14). The summed E-state index contributed by atoms with van der Waals surface area (Å²) in [7, 11) is 0. The Morgan fingerprint density at radius 1 is 1.60 bits per heavy atom. The third-order valence-corrected chi connectivity index (χ3v) is 3.03. The van der Waals surface area contributed by atoms with E-state index in [4.69, 9.17) is 9.84 Å². The molecule has 0 aliphatic heterocycles. The van der Waals surface area contributed by atoms with Crippen molar-refractivity contribution in [3.05, 3.63) is 0 Å². The van der Waals surface area contributed by atoms with Gasteiger partial charge in [0, 0.05) is 6.61 Å². The van der Waals surface area contributed by atoms with E-state index in [0.717, 1.165) is 12.8 Å². The summed E-state index contributed by atoms with van der Waals surface area (Å²) >= 11 is 0. The van der Waals surface area contributed by atoms with Crippen LogP contribution in [0.4, 0.5) is 0 Å². The lowest BCUT2D eigenvalue weighted by atomic mass is 9.79. The number of carboxylic acids is 1. The molecule has 0 spiro atoms. The second-order valence-corrected chi connectivity index (χ2v) is 4.43. The second-order valence-electron chi connectivity index (χ2n) is 4.43. The van der Waals surface area contributed by atoms with E-state index < -0.39 is 11.6 Å². The first-order valence-corrected chi connectivity index (χ1v) is 5.59. The molecule has 1 aliphatic rings. The zero-order valence-corrected chi connectivity index (χ0v) is 9.24. The monoisotopic (exact) mass is 216 g/mol. The number of carboxylic acid groups (broad SMARTS) is 1. The van der Waals surface area contributed by atoms with Crippen LogP contribution < -0.4 is 0 Å². The molecule has 2 atom stereocenters. The zero-order valence-electron chi connectivity index (χ0n) is 9.24. The van der Waals surface area contributed by atoms with Crippen LogP contribution in [0.1, 0.15) is 39.0 Å². The quantitative estimate of drug-likeness (QED) is 0.682. The van der Waals surface area contributed by atoms with E-state index in [-0.39, 0.29) is 6.61 Å². The zero-order chi connectivity index (χ0) is 11.3. The van der Waals surface area contributed by atoms with Crippen LogP contribution in [-0.2, 0) is 9.53 Å². The highest BCUT2D eigenvalue weighted by Gasteiger charge is 2.42. The second kappa shape index (κ2) is 5.47. The lowest BCUT2D eigenvalue weighted by molar-refractivity contribution is -0.173. The van der Waals surface area contributed by atoms with E-state index in [1.54, 1.807) is 0 Å². The SMILES string of the molecule is CC1CCCC(OCCCO)(C(=O)O)C1. The summed E-state index contributed by atoms with van der Waals surface area (Å²) in [6, 6.07) is 0. The Balaban J connectivity index is 2.57. The molecule has 0 saturated heterocycles. The Kier molecular flexibility index (Phi) is 4.54. The van der Waals surface area contributed by atoms with Gasteiger partial charge in [-0.3, -0.25) is 0 Å². The highest BCUT2D eigenvalue weighted by atomic mass is 16.5. The van der Waals surface area contributed by atoms with E-state index in [1.165, 1.54) is 0 Å². The minimum atomic E-state index is -0.993. The van der Waals surface area contributed by atoms with Gasteiger partial charge in [-0.25, -0.2) is 4.79 Å². The average Bonchev–Trinajstić information content (AvgIpc) is 2.18. The van der Waals surface area contributed by atoms with Gasteiger partial charge in [-0.15, -0.1) is 0 Å². The molecule has 15 heavy (non-hydrogen) atoms. The first-order chi connectivity index (χ1) is 7.10. The van der Waals surface area contributed by atoms with E-state index in [1.807, 2.05) is 0 Å². The molecular formula is C11H20O4. The number of ether oxygens (including phenoxy) is 1. The molecule has 4 nitrogen and oxygen atoms in total. The topological polar surface area (TPSA) is 66.8 Å². The largest absolute Gasteiger partial charge is 0.479 e. The molecule has 1 saturated carbocycles. The minimum Gasteiger partial charge on any atom is -0.479 e. The molecule has 0 aromatic rings. The molecule has 2 N–H and O–H groups in total. The lowest BCUT2D eigenvalue weighted by Crippen LogP contribution is -2.45. The number of aliphatic carboxylic acids is 1. The predicted molar refractivity (Wildman–Crippen MR) is 55.7 cm³/mol. The minimum absolute atomic E-state index is 0.0469. The van der Waals surface area contributed by atoms with E-state index in [2.05, 4.69) is 6.92 Å². The maximum atomic E-state index is 11.2. The number of aliphatic hydroxyl groups is 1. The summed E-state index contributed by atoms with van der Waals surface area (Å²) in [6.07, 6.45) is 3.68. The maximum Gasteiger partial charge on any atom is 0.335 e. The van der Waals surface area contributed by atoms with Crippen LogP contribution in [0.5, 0.6) is 0 Å². The molecule has 1 aliphatic carbocycles. The molecule has 88 valence electrons. The van der Waals surface area contributed by atoms with E-state index in [9.17, 15) is 9.90 Å². The molecule has 1 rings (SSSR count). The van der Waals surface area contributed by atoms with Crippen molar-refractivity contribution < 1.29 is 19.7 Å². The van der Waals surface area contributed by atoms with Crippen LogP contribution in [-0.4, -0.2) is 35.0 Å². The number of hydrogen-bond acceptors (Lipinski definition) is 3. The fourth-order valence-electron chi connectivity index (χ4n) is 2.22. The van der Waals surface area contributed by atoms with Crippen LogP contribution in [0.2, 0.25) is 0 Å². The third-order valence-electron chi connectivity index (χ3n) is 3.03. The van der Waals surface area contributed by atoms with Crippen LogP contribution in [0.25, 0.3) is 0 Å². The van der Waals surface area contributed by atoms with Gasteiger partial charge >= 0.3 is 5.97 Å². The van der Waals surface area contributed by atoms with Gasteiger partial charge in [0.15, 0.2) is 5.60 Å². The van der Waals surface area contributed by atoms with Gasteiger partial charge in [-0.2, -0.15) is 0 Å². The maximum absolute atomic E-state index is 11.2. The average molecular weight is 216 g/mol. The molecule has 0 amide bonds. The van der Waals surface area contributed by atoms with Crippen molar-refractivity contribution in [2.45, 2.75) is 44.6 Å². The Morgan fingerprint density at radius 2 is 2.33 bits per heavy atom. The molecule has 0 aromatic carbocycles. The van der Waals surface area contributed by atoms with Gasteiger partial charge in [-0.1, -0.05) is 13.3 Å². The van der Waals surface area contributed by atoms with Crippen LogP contribution >= 0.6 is 0 Å². The first kappa shape index (κ1) is 12.5. The van der Waals surface area contributed by atoms with Gasteiger partial charge < -0.3 is 14.9 Å². The van der Waals surface area contributed by atoms with E-state index in [0.29, 0.717) is 31.8 Å². The number of aliphatic hydroxyl groups excluding tert-OH is 1. The van der Waals surface area contributed by atoms with Crippen molar-refractivity contribution in [2.75, 3.05) is 13.2 Å². The molecule has 4 heteroatoms. The van der Waals surface area contributed by atoms with Gasteiger partial charge in [-0.05, 0) is 31.6 Å². The highest BCUT2D eigenvalue weighted by Crippen LogP contribution is 2.35. The van der Waals surface area contributed by atoms with Gasteiger partial charge in [0.05, 0.1) is 6.61 Å². The molecule has 2 unspecified atom stereocenters. The van der Waals surface area contributed by atoms with Crippen molar-refractivity contribution in [3.8, 4) is 0 Å². The smallest absolute Gasteiger partial charge is 0.335 e. The summed E-state index contributed by atoms with van der Waals surface area (Å²) in [5, 5.41) is 17.9. The normalized spacial score (nSPS) is 31.5.